The third-order valence-corrected chi connectivity index (χ3v) is 5.25. The van der Waals surface area contributed by atoms with E-state index in [0.717, 1.165) is 6.54 Å². The molecule has 1 saturated heterocycles. The Balaban J connectivity index is 1.57. The first kappa shape index (κ1) is 17.0. The molecule has 24 heavy (non-hydrogen) atoms. The van der Waals surface area contributed by atoms with E-state index in [9.17, 15) is 9.59 Å². The van der Waals surface area contributed by atoms with E-state index in [4.69, 9.17) is 4.52 Å². The smallest absolute Gasteiger partial charge is 0.257 e. The molecule has 6 nitrogen and oxygen atoms in total. The van der Waals surface area contributed by atoms with Crippen LogP contribution >= 0.6 is 0 Å². The van der Waals surface area contributed by atoms with Crippen molar-refractivity contribution in [1.82, 2.24) is 15.4 Å². The second kappa shape index (κ2) is 7.36. The molecule has 0 unspecified atom stereocenters. The number of likely N-dealkylation sites (tertiary alicyclic amines) is 1. The van der Waals surface area contributed by atoms with Crippen molar-refractivity contribution in [2.75, 3.05) is 13.1 Å². The van der Waals surface area contributed by atoms with Gasteiger partial charge in [-0.2, -0.15) is 0 Å². The van der Waals surface area contributed by atoms with Gasteiger partial charge in [-0.1, -0.05) is 31.3 Å². The fraction of sp³-hybridized carbons (Fsp3) is 0.722. The van der Waals surface area contributed by atoms with Gasteiger partial charge in [-0.3, -0.25) is 9.59 Å². The molecule has 0 aromatic carbocycles. The number of rotatable bonds is 5. The van der Waals surface area contributed by atoms with Gasteiger partial charge in [0.15, 0.2) is 0 Å². The van der Waals surface area contributed by atoms with Crippen molar-refractivity contribution in [1.29, 1.82) is 0 Å². The molecule has 1 atom stereocenters. The lowest BCUT2D eigenvalue weighted by atomic mass is 9.89. The number of nitrogens with one attached hydrogen (secondary N) is 1. The Bertz CT molecular complexity index is 605. The van der Waals surface area contributed by atoms with E-state index in [1.165, 1.54) is 32.1 Å². The molecule has 2 aliphatic rings. The molecule has 1 aromatic rings. The third kappa shape index (κ3) is 3.62. The molecule has 0 bridgehead atoms. The van der Waals surface area contributed by atoms with Crippen LogP contribution in [0, 0.1) is 12.8 Å². The lowest BCUT2D eigenvalue weighted by Gasteiger charge is -2.27. The SMILES string of the molecule is CCc1noc(C)c1C(=O)N[C@H]1CC(=O)N(CC2CCCCC2)C1. The van der Waals surface area contributed by atoms with E-state index in [0.29, 0.717) is 42.3 Å². The lowest BCUT2D eigenvalue weighted by Crippen LogP contribution is -2.38. The van der Waals surface area contributed by atoms with Crippen LogP contribution in [0.1, 0.15) is 67.3 Å². The largest absolute Gasteiger partial charge is 0.361 e. The highest BCUT2D eigenvalue weighted by Gasteiger charge is 2.33. The van der Waals surface area contributed by atoms with Gasteiger partial charge in [-0.25, -0.2) is 0 Å². The molecule has 3 rings (SSSR count). The standard InChI is InChI=1S/C18H27N3O3/c1-3-15-17(12(2)24-20-15)18(23)19-14-9-16(22)21(11-14)10-13-7-5-4-6-8-13/h13-14H,3-11H2,1-2H3,(H,19,23)/t14-/m0/s1. The molecular formula is C18H27N3O3. The summed E-state index contributed by atoms with van der Waals surface area (Å²) >= 11 is 0. The molecule has 1 N–H and O–H groups in total. The van der Waals surface area contributed by atoms with E-state index in [1.807, 2.05) is 11.8 Å². The summed E-state index contributed by atoms with van der Waals surface area (Å²) < 4.78 is 5.13. The number of carbonyl (C=O) groups excluding carboxylic acids is 2. The summed E-state index contributed by atoms with van der Waals surface area (Å²) in [6.07, 6.45) is 7.36. The van der Waals surface area contributed by atoms with E-state index in [2.05, 4.69) is 10.5 Å². The van der Waals surface area contributed by atoms with Gasteiger partial charge in [0, 0.05) is 19.5 Å². The molecule has 2 fully saturated rings. The highest BCUT2D eigenvalue weighted by molar-refractivity contribution is 5.97. The first-order chi connectivity index (χ1) is 11.6. The molecule has 2 heterocycles. The van der Waals surface area contributed by atoms with Gasteiger partial charge in [0.05, 0.1) is 11.7 Å². The molecule has 1 saturated carbocycles. The molecule has 1 aliphatic heterocycles. The first-order valence-electron chi connectivity index (χ1n) is 9.12. The van der Waals surface area contributed by atoms with Crippen LogP contribution in [0.25, 0.3) is 0 Å². The second-order valence-electron chi connectivity index (χ2n) is 7.09. The Morgan fingerprint density at radius 2 is 2.08 bits per heavy atom. The molecule has 0 radical (unpaired) electrons. The minimum atomic E-state index is -0.178. The van der Waals surface area contributed by atoms with Gasteiger partial charge in [0.2, 0.25) is 5.91 Å². The number of carbonyl (C=O) groups is 2. The van der Waals surface area contributed by atoms with Crippen molar-refractivity contribution in [3.05, 3.63) is 17.0 Å². The van der Waals surface area contributed by atoms with E-state index >= 15 is 0 Å². The fourth-order valence-corrected chi connectivity index (χ4v) is 3.93. The monoisotopic (exact) mass is 333 g/mol. The molecule has 0 spiro atoms. The van der Waals surface area contributed by atoms with Crippen LogP contribution < -0.4 is 5.32 Å². The van der Waals surface area contributed by atoms with Gasteiger partial charge in [0.1, 0.15) is 11.3 Å². The molecular weight excluding hydrogens is 306 g/mol. The van der Waals surface area contributed by atoms with Crippen LogP contribution in [-0.4, -0.2) is 41.0 Å². The number of aromatic nitrogens is 1. The quantitative estimate of drug-likeness (QED) is 0.898. The maximum Gasteiger partial charge on any atom is 0.257 e. The van der Waals surface area contributed by atoms with Crippen molar-refractivity contribution in [2.45, 2.75) is 64.8 Å². The van der Waals surface area contributed by atoms with Gasteiger partial charge in [-0.15, -0.1) is 0 Å². The van der Waals surface area contributed by atoms with E-state index in [-0.39, 0.29) is 17.9 Å². The van der Waals surface area contributed by atoms with Gasteiger partial charge >= 0.3 is 0 Å². The predicted octanol–water partition coefficient (Wildman–Crippen LogP) is 2.46. The number of hydrogen-bond acceptors (Lipinski definition) is 4. The van der Waals surface area contributed by atoms with Crippen molar-refractivity contribution in [3.63, 3.8) is 0 Å². The maximum atomic E-state index is 12.5. The van der Waals surface area contributed by atoms with Crippen LogP contribution in [-0.2, 0) is 11.2 Å². The van der Waals surface area contributed by atoms with Crippen molar-refractivity contribution >= 4 is 11.8 Å². The Hall–Kier alpha value is -1.85. The highest BCUT2D eigenvalue weighted by Crippen LogP contribution is 2.26. The molecule has 6 heteroatoms. The number of nitrogens with zero attached hydrogens (tertiary/aromatic N) is 2. The first-order valence-corrected chi connectivity index (χ1v) is 9.12. The van der Waals surface area contributed by atoms with Gasteiger partial charge < -0.3 is 14.7 Å². The van der Waals surface area contributed by atoms with E-state index < -0.39 is 0 Å². The minimum Gasteiger partial charge on any atom is -0.361 e. The van der Waals surface area contributed by atoms with Gasteiger partial charge in [0.25, 0.3) is 5.91 Å². The summed E-state index contributed by atoms with van der Waals surface area (Å²) in [5, 5.41) is 6.92. The molecule has 2 amide bonds. The summed E-state index contributed by atoms with van der Waals surface area (Å²) in [5.41, 5.74) is 1.20. The summed E-state index contributed by atoms with van der Waals surface area (Å²) in [5.74, 6) is 1.14. The summed E-state index contributed by atoms with van der Waals surface area (Å²) in [4.78, 5) is 26.7. The molecule has 132 valence electrons. The van der Waals surface area contributed by atoms with Gasteiger partial charge in [-0.05, 0) is 32.1 Å². The summed E-state index contributed by atoms with van der Waals surface area (Å²) in [6.45, 7) is 5.15. The van der Waals surface area contributed by atoms with Crippen LogP contribution in [0.15, 0.2) is 4.52 Å². The minimum absolute atomic E-state index is 0.118. The van der Waals surface area contributed by atoms with Crippen molar-refractivity contribution in [3.8, 4) is 0 Å². The normalized spacial score (nSPS) is 22.2. The average Bonchev–Trinajstić information content (AvgIpc) is 3.11. The summed E-state index contributed by atoms with van der Waals surface area (Å²) in [6, 6.07) is -0.118. The predicted molar refractivity (Wildman–Crippen MR) is 89.6 cm³/mol. The zero-order valence-electron chi connectivity index (χ0n) is 14.6. The third-order valence-electron chi connectivity index (χ3n) is 5.25. The van der Waals surface area contributed by atoms with E-state index in [1.54, 1.807) is 6.92 Å². The topological polar surface area (TPSA) is 75.4 Å². The second-order valence-corrected chi connectivity index (χ2v) is 7.09. The Labute approximate surface area is 142 Å². The molecule has 1 aliphatic carbocycles. The zero-order valence-corrected chi connectivity index (χ0v) is 14.6. The van der Waals surface area contributed by atoms with Crippen LogP contribution in [0.4, 0.5) is 0 Å². The van der Waals surface area contributed by atoms with Crippen molar-refractivity contribution in [2.24, 2.45) is 5.92 Å². The summed E-state index contributed by atoms with van der Waals surface area (Å²) in [7, 11) is 0. The van der Waals surface area contributed by atoms with Crippen LogP contribution in [0.5, 0.6) is 0 Å². The Morgan fingerprint density at radius 1 is 1.33 bits per heavy atom. The average molecular weight is 333 g/mol. The zero-order chi connectivity index (χ0) is 17.1. The Morgan fingerprint density at radius 3 is 2.79 bits per heavy atom. The fourth-order valence-electron chi connectivity index (χ4n) is 3.93. The highest BCUT2D eigenvalue weighted by atomic mass is 16.5. The number of amides is 2. The number of aryl methyl sites for hydroxylation is 2. The Kier molecular flexibility index (Phi) is 5.21. The van der Waals surface area contributed by atoms with Crippen molar-refractivity contribution < 1.29 is 14.1 Å². The maximum absolute atomic E-state index is 12.5. The lowest BCUT2D eigenvalue weighted by molar-refractivity contribution is -0.128. The number of hydrogen-bond donors (Lipinski definition) is 1. The van der Waals surface area contributed by atoms with Crippen LogP contribution in [0.2, 0.25) is 0 Å². The molecule has 1 aromatic heterocycles. The van der Waals surface area contributed by atoms with Crippen LogP contribution in [0.3, 0.4) is 0 Å².